The third kappa shape index (κ3) is 7.71. The Morgan fingerprint density at radius 3 is 2.84 bits per heavy atom. The van der Waals surface area contributed by atoms with Crippen LogP contribution in [0.5, 0.6) is 0 Å². The summed E-state index contributed by atoms with van der Waals surface area (Å²) >= 11 is 0. The monoisotopic (exact) mass is 447 g/mol. The molecule has 174 valence electrons. The quantitative estimate of drug-likeness (QED) is 0.404. The van der Waals surface area contributed by atoms with E-state index in [1.165, 1.54) is 5.56 Å². The van der Waals surface area contributed by atoms with Gasteiger partial charge in [-0.1, -0.05) is 12.1 Å². The Kier molecular flexibility index (Phi) is 9.15. The molecular weight excluding hydrogens is 416 g/mol. The minimum Gasteiger partial charge on any atom is -0.480 e. The van der Waals surface area contributed by atoms with Crippen molar-refractivity contribution in [2.24, 2.45) is 0 Å². The van der Waals surface area contributed by atoms with Gasteiger partial charge in [0.1, 0.15) is 17.7 Å². The summed E-state index contributed by atoms with van der Waals surface area (Å²) in [6.07, 6.45) is 3.84. The molecule has 3 heterocycles. The van der Waals surface area contributed by atoms with Crippen molar-refractivity contribution in [1.82, 2.24) is 14.9 Å². The normalized spacial score (nSPS) is 14.1. The highest BCUT2D eigenvalue weighted by Gasteiger charge is 2.20. The van der Waals surface area contributed by atoms with Crippen molar-refractivity contribution in [3.05, 3.63) is 47.8 Å². The maximum absolute atomic E-state index is 13.0. The zero-order valence-electron chi connectivity index (χ0n) is 18.1. The molecule has 3 rings (SSSR count). The van der Waals surface area contributed by atoms with Crippen LogP contribution in [0.15, 0.2) is 36.5 Å². The second-order valence-corrected chi connectivity index (χ2v) is 8.03. The number of nitrogens with one attached hydrogen (secondary N) is 2. The van der Waals surface area contributed by atoms with Crippen LogP contribution < -0.4 is 10.6 Å². The standard InChI is InChI=1S/C23H31F2N5O2/c24-20(25)16-30(15-11-19(23(31)32)29-21-8-1-3-12-26-21)14-4-2-7-18-10-9-17-6-5-13-27-22(17)28-18/h1,3,8-10,12,19-20H,2,4-7,11,13-16H2,(H,26,29)(H,27,28)(H,31,32). The Hall–Kier alpha value is -2.81. The van der Waals surface area contributed by atoms with Gasteiger partial charge in [0.15, 0.2) is 0 Å². The highest BCUT2D eigenvalue weighted by Crippen LogP contribution is 2.20. The number of halogens is 2. The largest absolute Gasteiger partial charge is 0.480 e. The number of anilines is 2. The van der Waals surface area contributed by atoms with Gasteiger partial charge < -0.3 is 15.7 Å². The second-order valence-electron chi connectivity index (χ2n) is 8.03. The van der Waals surface area contributed by atoms with Gasteiger partial charge >= 0.3 is 5.97 Å². The van der Waals surface area contributed by atoms with E-state index in [0.29, 0.717) is 12.4 Å². The molecule has 0 aliphatic carbocycles. The van der Waals surface area contributed by atoms with Crippen molar-refractivity contribution in [3.63, 3.8) is 0 Å². The molecule has 9 heteroatoms. The summed E-state index contributed by atoms with van der Waals surface area (Å²) < 4.78 is 26.1. The summed E-state index contributed by atoms with van der Waals surface area (Å²) in [7, 11) is 0. The molecule has 0 saturated heterocycles. The average Bonchev–Trinajstić information content (AvgIpc) is 2.79. The van der Waals surface area contributed by atoms with Crippen molar-refractivity contribution in [1.29, 1.82) is 0 Å². The Balaban J connectivity index is 1.46. The van der Waals surface area contributed by atoms with E-state index in [9.17, 15) is 18.7 Å². The minimum atomic E-state index is -2.46. The molecule has 1 aliphatic heterocycles. The number of fused-ring (bicyclic) bond motifs is 1. The number of alkyl halides is 2. The van der Waals surface area contributed by atoms with Gasteiger partial charge in [0.2, 0.25) is 0 Å². The predicted octanol–water partition coefficient (Wildman–Crippen LogP) is 3.68. The first-order valence-corrected chi connectivity index (χ1v) is 11.1. The number of pyridine rings is 2. The average molecular weight is 448 g/mol. The van der Waals surface area contributed by atoms with Crippen molar-refractivity contribution in [2.45, 2.75) is 51.0 Å². The van der Waals surface area contributed by atoms with Gasteiger partial charge in [-0.25, -0.2) is 23.5 Å². The number of hydrogen-bond acceptors (Lipinski definition) is 6. The van der Waals surface area contributed by atoms with Gasteiger partial charge in [-0.05, 0) is 68.8 Å². The zero-order valence-corrected chi connectivity index (χ0v) is 18.1. The first-order valence-electron chi connectivity index (χ1n) is 11.1. The Morgan fingerprint density at radius 1 is 1.22 bits per heavy atom. The smallest absolute Gasteiger partial charge is 0.326 e. The molecule has 0 spiro atoms. The lowest BCUT2D eigenvalue weighted by atomic mass is 10.1. The number of aryl methyl sites for hydroxylation is 2. The molecule has 0 fully saturated rings. The number of rotatable bonds is 13. The zero-order chi connectivity index (χ0) is 22.8. The molecule has 0 amide bonds. The van der Waals surface area contributed by atoms with Gasteiger partial charge in [0.05, 0.1) is 6.54 Å². The summed E-state index contributed by atoms with van der Waals surface area (Å²) in [5.74, 6) is 0.389. The molecule has 32 heavy (non-hydrogen) atoms. The molecule has 1 unspecified atom stereocenters. The topological polar surface area (TPSA) is 90.4 Å². The number of aliphatic carboxylic acids is 1. The number of unbranched alkanes of at least 4 members (excludes halogenated alkanes) is 1. The van der Waals surface area contributed by atoms with Crippen LogP contribution in [-0.2, 0) is 17.6 Å². The van der Waals surface area contributed by atoms with Crippen LogP contribution in [0.1, 0.15) is 36.9 Å². The molecular formula is C23H31F2N5O2. The first-order chi connectivity index (χ1) is 15.5. The summed E-state index contributed by atoms with van der Waals surface area (Å²) in [5.41, 5.74) is 2.25. The molecule has 0 aromatic carbocycles. The van der Waals surface area contributed by atoms with Gasteiger partial charge in [-0.15, -0.1) is 0 Å². The highest BCUT2D eigenvalue weighted by atomic mass is 19.3. The van der Waals surface area contributed by atoms with Crippen LogP contribution in [0.25, 0.3) is 0 Å². The van der Waals surface area contributed by atoms with Crippen molar-refractivity contribution in [3.8, 4) is 0 Å². The molecule has 7 nitrogen and oxygen atoms in total. The lowest BCUT2D eigenvalue weighted by molar-refractivity contribution is -0.138. The summed E-state index contributed by atoms with van der Waals surface area (Å²) in [4.78, 5) is 22.0. The maximum Gasteiger partial charge on any atom is 0.326 e. The maximum atomic E-state index is 13.0. The molecule has 1 atom stereocenters. The lowest BCUT2D eigenvalue weighted by Gasteiger charge is -2.24. The van der Waals surface area contributed by atoms with E-state index in [1.807, 2.05) is 6.07 Å². The second kappa shape index (κ2) is 12.3. The summed E-state index contributed by atoms with van der Waals surface area (Å²) in [5, 5.41) is 15.7. The molecule has 0 bridgehead atoms. The van der Waals surface area contributed by atoms with E-state index in [1.54, 1.807) is 29.3 Å². The van der Waals surface area contributed by atoms with Crippen LogP contribution in [0.2, 0.25) is 0 Å². The number of nitrogens with zero attached hydrogens (tertiary/aromatic N) is 3. The van der Waals surface area contributed by atoms with Gasteiger partial charge in [0, 0.05) is 25.0 Å². The number of carboxylic acid groups (broad SMARTS) is 1. The summed E-state index contributed by atoms with van der Waals surface area (Å²) in [6.45, 7) is 1.33. The van der Waals surface area contributed by atoms with Crippen molar-refractivity contribution >= 4 is 17.6 Å². The van der Waals surface area contributed by atoms with Crippen LogP contribution in [0.3, 0.4) is 0 Å². The van der Waals surface area contributed by atoms with Gasteiger partial charge in [-0.2, -0.15) is 0 Å². The molecule has 2 aromatic heterocycles. The summed E-state index contributed by atoms with van der Waals surface area (Å²) in [6, 6.07) is 8.44. The number of carbonyl (C=O) groups is 1. The van der Waals surface area contributed by atoms with Gasteiger partial charge in [0.25, 0.3) is 6.43 Å². The Bertz CT molecular complexity index is 854. The van der Waals surface area contributed by atoms with E-state index < -0.39 is 18.4 Å². The van der Waals surface area contributed by atoms with E-state index >= 15 is 0 Å². The van der Waals surface area contributed by atoms with Crippen molar-refractivity contribution < 1.29 is 18.7 Å². The van der Waals surface area contributed by atoms with E-state index in [0.717, 1.165) is 50.2 Å². The Morgan fingerprint density at radius 2 is 2.09 bits per heavy atom. The van der Waals surface area contributed by atoms with Gasteiger partial charge in [-0.3, -0.25) is 4.90 Å². The van der Waals surface area contributed by atoms with E-state index in [4.69, 9.17) is 0 Å². The van der Waals surface area contributed by atoms with E-state index in [-0.39, 0.29) is 19.5 Å². The predicted molar refractivity (Wildman–Crippen MR) is 120 cm³/mol. The fourth-order valence-corrected chi connectivity index (χ4v) is 3.83. The fourth-order valence-electron chi connectivity index (χ4n) is 3.83. The number of aromatic nitrogens is 2. The van der Waals surface area contributed by atoms with Crippen LogP contribution in [-0.4, -0.2) is 64.6 Å². The molecule has 3 N–H and O–H groups in total. The number of hydrogen-bond donors (Lipinski definition) is 3. The molecule has 1 aliphatic rings. The SMILES string of the molecule is O=C(O)C(CCN(CCCCc1ccc2c(n1)NCCC2)CC(F)F)Nc1ccccn1. The van der Waals surface area contributed by atoms with Crippen LogP contribution in [0.4, 0.5) is 20.4 Å². The molecule has 0 radical (unpaired) electrons. The minimum absolute atomic E-state index is 0.205. The van der Waals surface area contributed by atoms with Crippen molar-refractivity contribution in [2.75, 3.05) is 36.8 Å². The fraction of sp³-hybridized carbons (Fsp3) is 0.522. The first kappa shape index (κ1) is 23.8. The Labute approximate surface area is 187 Å². The lowest BCUT2D eigenvalue weighted by Crippen LogP contribution is -2.37. The van der Waals surface area contributed by atoms with Crippen LogP contribution in [0, 0.1) is 0 Å². The van der Waals surface area contributed by atoms with E-state index in [2.05, 4.69) is 26.7 Å². The third-order valence-corrected chi connectivity index (χ3v) is 5.52. The molecule has 0 saturated carbocycles. The highest BCUT2D eigenvalue weighted by molar-refractivity contribution is 5.76. The number of carboxylic acids is 1. The third-order valence-electron chi connectivity index (χ3n) is 5.52. The van der Waals surface area contributed by atoms with Crippen LogP contribution >= 0.6 is 0 Å². The molecule has 2 aromatic rings.